The van der Waals surface area contributed by atoms with Crippen LogP contribution in [0.3, 0.4) is 0 Å². The third-order valence-electron chi connectivity index (χ3n) is 2.52. The Kier molecular flexibility index (Phi) is 5.32. The minimum Gasteiger partial charge on any atom is -0.491 e. The van der Waals surface area contributed by atoms with Crippen LogP contribution in [-0.4, -0.2) is 24.4 Å². The van der Waals surface area contributed by atoms with Crippen molar-refractivity contribution in [3.8, 4) is 5.75 Å². The second-order valence-corrected chi connectivity index (χ2v) is 5.16. The normalized spacial score (nSPS) is 12.3. The van der Waals surface area contributed by atoms with E-state index in [0.29, 0.717) is 12.3 Å². The number of hydrogen-bond acceptors (Lipinski definition) is 4. The summed E-state index contributed by atoms with van der Waals surface area (Å²) >= 11 is 1.68. The van der Waals surface area contributed by atoms with Crippen LogP contribution in [0.15, 0.2) is 41.8 Å². The Hall–Kier alpha value is -1.43. The average Bonchev–Trinajstić information content (AvgIpc) is 2.91. The summed E-state index contributed by atoms with van der Waals surface area (Å²) in [5.74, 6) is 0.254. The molecule has 1 aromatic heterocycles. The van der Waals surface area contributed by atoms with Crippen LogP contribution in [0.4, 0.5) is 4.39 Å². The summed E-state index contributed by atoms with van der Waals surface area (Å²) in [6, 6.07) is 9.78. The van der Waals surface area contributed by atoms with Crippen molar-refractivity contribution >= 4 is 11.3 Å². The minimum atomic E-state index is -0.593. The number of nitrogens with one attached hydrogen (secondary N) is 1. The molecule has 1 unspecified atom stereocenters. The van der Waals surface area contributed by atoms with Gasteiger partial charge in [-0.05, 0) is 35.7 Å². The van der Waals surface area contributed by atoms with Crippen molar-refractivity contribution in [3.05, 3.63) is 52.5 Å². The summed E-state index contributed by atoms with van der Waals surface area (Å²) in [6.07, 6.45) is -0.593. The molecule has 0 aliphatic rings. The molecule has 2 N–H and O–H groups in total. The molecular weight excluding hydrogens is 265 g/mol. The third-order valence-corrected chi connectivity index (χ3v) is 3.39. The number of rotatable bonds is 7. The molecule has 19 heavy (non-hydrogen) atoms. The van der Waals surface area contributed by atoms with Crippen LogP contribution in [0.2, 0.25) is 0 Å². The molecule has 0 aliphatic carbocycles. The van der Waals surface area contributed by atoms with Crippen LogP contribution in [-0.2, 0) is 6.54 Å². The molecule has 2 rings (SSSR count). The van der Waals surface area contributed by atoms with Crippen molar-refractivity contribution < 1.29 is 14.2 Å². The van der Waals surface area contributed by atoms with E-state index in [4.69, 9.17) is 4.74 Å². The highest BCUT2D eigenvalue weighted by Gasteiger charge is 2.05. The maximum Gasteiger partial charge on any atom is 0.123 e. The predicted octanol–water partition coefficient (Wildman–Crippen LogP) is 2.42. The van der Waals surface area contributed by atoms with Gasteiger partial charge in [0.05, 0.1) is 0 Å². The summed E-state index contributed by atoms with van der Waals surface area (Å²) < 4.78 is 18.0. The first-order valence-corrected chi connectivity index (χ1v) is 6.91. The van der Waals surface area contributed by atoms with Crippen molar-refractivity contribution in [2.45, 2.75) is 12.6 Å². The fourth-order valence-corrected chi connectivity index (χ4v) is 2.23. The highest BCUT2D eigenvalue weighted by Crippen LogP contribution is 2.11. The first-order chi connectivity index (χ1) is 9.24. The van der Waals surface area contributed by atoms with E-state index in [-0.39, 0.29) is 12.4 Å². The van der Waals surface area contributed by atoms with Crippen molar-refractivity contribution in [2.24, 2.45) is 0 Å². The van der Waals surface area contributed by atoms with Crippen LogP contribution in [0.25, 0.3) is 0 Å². The van der Waals surface area contributed by atoms with Gasteiger partial charge in [-0.3, -0.25) is 0 Å². The lowest BCUT2D eigenvalue weighted by Crippen LogP contribution is -2.30. The number of benzene rings is 1. The summed E-state index contributed by atoms with van der Waals surface area (Å²) in [5, 5.41) is 14.9. The van der Waals surface area contributed by atoms with Gasteiger partial charge in [-0.15, -0.1) is 11.3 Å². The van der Waals surface area contributed by atoms with Gasteiger partial charge in [0.1, 0.15) is 24.3 Å². The molecule has 1 aromatic carbocycles. The molecule has 102 valence electrons. The van der Waals surface area contributed by atoms with Gasteiger partial charge in [-0.1, -0.05) is 6.07 Å². The van der Waals surface area contributed by atoms with Crippen LogP contribution in [0, 0.1) is 5.82 Å². The zero-order valence-electron chi connectivity index (χ0n) is 10.4. The second kappa shape index (κ2) is 7.23. The van der Waals surface area contributed by atoms with Gasteiger partial charge in [-0.2, -0.15) is 0 Å². The number of ether oxygens (including phenoxy) is 1. The van der Waals surface area contributed by atoms with E-state index in [1.807, 2.05) is 17.5 Å². The molecule has 5 heteroatoms. The number of halogens is 1. The van der Waals surface area contributed by atoms with Crippen molar-refractivity contribution in [1.29, 1.82) is 0 Å². The topological polar surface area (TPSA) is 41.5 Å². The van der Waals surface area contributed by atoms with E-state index < -0.39 is 6.10 Å². The molecule has 3 nitrogen and oxygen atoms in total. The molecule has 1 atom stereocenters. The molecule has 0 fully saturated rings. The lowest BCUT2D eigenvalue weighted by molar-refractivity contribution is 0.106. The molecule has 0 amide bonds. The van der Waals surface area contributed by atoms with Crippen molar-refractivity contribution in [1.82, 2.24) is 5.32 Å². The number of aliphatic hydroxyl groups excluding tert-OH is 1. The predicted molar refractivity (Wildman–Crippen MR) is 73.9 cm³/mol. The van der Waals surface area contributed by atoms with E-state index in [2.05, 4.69) is 5.32 Å². The SMILES string of the molecule is OC(CNCc1cccs1)COc1ccc(F)cc1. The van der Waals surface area contributed by atoms with Gasteiger partial charge < -0.3 is 15.2 Å². The first-order valence-electron chi connectivity index (χ1n) is 6.03. The molecule has 0 spiro atoms. The smallest absolute Gasteiger partial charge is 0.123 e. The third kappa shape index (κ3) is 4.98. The Bertz CT molecular complexity index is 473. The number of thiophene rings is 1. The van der Waals surface area contributed by atoms with Gasteiger partial charge in [0, 0.05) is 18.0 Å². The van der Waals surface area contributed by atoms with Gasteiger partial charge >= 0.3 is 0 Å². The summed E-state index contributed by atoms with van der Waals surface area (Å²) in [7, 11) is 0. The fraction of sp³-hybridized carbons (Fsp3) is 0.286. The highest BCUT2D eigenvalue weighted by molar-refractivity contribution is 7.09. The molecule has 0 saturated heterocycles. The zero-order chi connectivity index (χ0) is 13.5. The minimum absolute atomic E-state index is 0.184. The summed E-state index contributed by atoms with van der Waals surface area (Å²) in [4.78, 5) is 1.23. The monoisotopic (exact) mass is 281 g/mol. The Balaban J connectivity index is 1.64. The Labute approximate surface area is 115 Å². The van der Waals surface area contributed by atoms with Gasteiger partial charge in [0.25, 0.3) is 0 Å². The van der Waals surface area contributed by atoms with Crippen LogP contribution in [0.5, 0.6) is 5.75 Å². The summed E-state index contributed by atoms with van der Waals surface area (Å²) in [6.45, 7) is 1.38. The highest BCUT2D eigenvalue weighted by atomic mass is 32.1. The molecule has 0 bridgehead atoms. The van der Waals surface area contributed by atoms with Gasteiger partial charge in [0.2, 0.25) is 0 Å². The van der Waals surface area contributed by atoms with E-state index in [1.165, 1.54) is 17.0 Å². The lowest BCUT2D eigenvalue weighted by Gasteiger charge is -2.12. The lowest BCUT2D eigenvalue weighted by atomic mass is 10.3. The molecule has 1 heterocycles. The Morgan fingerprint density at radius 1 is 1.26 bits per heavy atom. The van der Waals surface area contributed by atoms with Crippen LogP contribution >= 0.6 is 11.3 Å². The quantitative estimate of drug-likeness (QED) is 0.819. The first kappa shape index (κ1) is 14.0. The second-order valence-electron chi connectivity index (χ2n) is 4.13. The van der Waals surface area contributed by atoms with Crippen LogP contribution < -0.4 is 10.1 Å². The molecule has 2 aromatic rings. The Morgan fingerprint density at radius 2 is 2.05 bits per heavy atom. The fourth-order valence-electron chi connectivity index (χ4n) is 1.56. The van der Waals surface area contributed by atoms with Crippen LogP contribution in [0.1, 0.15) is 4.88 Å². The van der Waals surface area contributed by atoms with E-state index in [9.17, 15) is 9.50 Å². The van der Waals surface area contributed by atoms with E-state index in [0.717, 1.165) is 6.54 Å². The van der Waals surface area contributed by atoms with Gasteiger partial charge in [0.15, 0.2) is 0 Å². The van der Waals surface area contributed by atoms with Crippen molar-refractivity contribution in [2.75, 3.05) is 13.2 Å². The molecule has 0 saturated carbocycles. The largest absolute Gasteiger partial charge is 0.491 e. The zero-order valence-corrected chi connectivity index (χ0v) is 11.2. The molecule has 0 aliphatic heterocycles. The average molecular weight is 281 g/mol. The molecule has 0 radical (unpaired) electrons. The number of aliphatic hydroxyl groups is 1. The standard InChI is InChI=1S/C14H16FNO2S/c15-11-3-5-13(6-4-11)18-10-12(17)8-16-9-14-2-1-7-19-14/h1-7,12,16-17H,8-10H2. The van der Waals surface area contributed by atoms with Gasteiger partial charge in [-0.25, -0.2) is 4.39 Å². The maximum absolute atomic E-state index is 12.7. The van der Waals surface area contributed by atoms with E-state index >= 15 is 0 Å². The number of hydrogen-bond donors (Lipinski definition) is 2. The molecular formula is C14H16FNO2S. The van der Waals surface area contributed by atoms with E-state index in [1.54, 1.807) is 23.5 Å². The summed E-state index contributed by atoms with van der Waals surface area (Å²) in [5.41, 5.74) is 0. The Morgan fingerprint density at radius 3 is 2.74 bits per heavy atom. The van der Waals surface area contributed by atoms with Crippen molar-refractivity contribution in [3.63, 3.8) is 0 Å². The maximum atomic E-state index is 12.7.